The second-order valence-corrected chi connectivity index (χ2v) is 8.43. The fraction of sp³-hybridized carbons (Fsp3) is 0.375. The third-order valence-corrected chi connectivity index (χ3v) is 6.79. The van der Waals surface area contributed by atoms with Crippen LogP contribution >= 0.6 is 11.3 Å². The monoisotopic (exact) mass is 391 g/mol. The molecule has 9 heteroatoms. The highest BCUT2D eigenvalue weighted by Gasteiger charge is 2.39. The number of hydrogen-bond donors (Lipinski definition) is 1. The third kappa shape index (κ3) is 3.89. The minimum Gasteiger partial charge on any atom is -0.381 e. The van der Waals surface area contributed by atoms with Gasteiger partial charge in [0, 0.05) is 18.1 Å². The average Bonchev–Trinajstić information content (AvgIpc) is 3.10. The summed E-state index contributed by atoms with van der Waals surface area (Å²) < 4.78 is 71.5. The Kier molecular flexibility index (Phi) is 4.93. The van der Waals surface area contributed by atoms with Crippen LogP contribution in [0.15, 0.2) is 46.7 Å². The number of sulfonamides is 1. The summed E-state index contributed by atoms with van der Waals surface area (Å²) in [5.74, 6) is 0. The predicted molar refractivity (Wildman–Crippen MR) is 87.8 cm³/mol. The zero-order valence-electron chi connectivity index (χ0n) is 13.0. The molecule has 0 atom stereocenters. The van der Waals surface area contributed by atoms with E-state index in [-0.39, 0.29) is 4.90 Å². The van der Waals surface area contributed by atoms with Crippen LogP contribution in [-0.2, 0) is 26.5 Å². The number of halogens is 3. The molecule has 1 aromatic heterocycles. The van der Waals surface area contributed by atoms with E-state index in [0.717, 1.165) is 29.1 Å². The Bertz CT molecular complexity index is 809. The molecule has 0 saturated carbocycles. The minimum absolute atomic E-state index is 0.192. The standard InChI is InChI=1S/C16H16F3NO3S2/c17-16(18,19)12-3-5-13(6-4-12)25(21,22)20-15(7-9-23-10-8-15)14-2-1-11-24-14/h1-6,11,20H,7-10H2. The van der Waals surface area contributed by atoms with E-state index in [1.165, 1.54) is 11.3 Å². The highest BCUT2D eigenvalue weighted by Crippen LogP contribution is 2.37. The Morgan fingerprint density at radius 2 is 1.72 bits per heavy atom. The van der Waals surface area contributed by atoms with Gasteiger partial charge in [-0.05, 0) is 48.6 Å². The summed E-state index contributed by atoms with van der Waals surface area (Å²) in [7, 11) is -3.97. The van der Waals surface area contributed by atoms with Gasteiger partial charge in [-0.15, -0.1) is 11.3 Å². The molecule has 1 aliphatic rings. The summed E-state index contributed by atoms with van der Waals surface area (Å²) in [6.45, 7) is 0.820. The van der Waals surface area contributed by atoms with Crippen LogP contribution in [0.3, 0.4) is 0 Å². The van der Waals surface area contributed by atoms with Gasteiger partial charge in [-0.2, -0.15) is 17.9 Å². The van der Waals surface area contributed by atoms with E-state index in [1.54, 1.807) is 0 Å². The Morgan fingerprint density at radius 1 is 1.08 bits per heavy atom. The maximum Gasteiger partial charge on any atom is 0.416 e. The molecule has 1 fully saturated rings. The zero-order chi connectivity index (χ0) is 18.1. The number of alkyl halides is 3. The van der Waals surface area contributed by atoms with Gasteiger partial charge < -0.3 is 4.74 Å². The van der Waals surface area contributed by atoms with Crippen molar-refractivity contribution in [3.63, 3.8) is 0 Å². The van der Waals surface area contributed by atoms with E-state index in [4.69, 9.17) is 4.74 Å². The molecule has 2 aromatic rings. The van der Waals surface area contributed by atoms with Gasteiger partial charge in [-0.3, -0.25) is 0 Å². The molecule has 0 aliphatic carbocycles. The lowest BCUT2D eigenvalue weighted by molar-refractivity contribution is -0.137. The maximum absolute atomic E-state index is 12.7. The van der Waals surface area contributed by atoms with Gasteiger partial charge in [0.1, 0.15) is 0 Å². The van der Waals surface area contributed by atoms with Crippen LogP contribution in [0.1, 0.15) is 23.3 Å². The molecule has 1 saturated heterocycles. The largest absolute Gasteiger partial charge is 0.416 e. The van der Waals surface area contributed by atoms with Crippen LogP contribution in [0, 0.1) is 0 Å². The summed E-state index contributed by atoms with van der Waals surface area (Å²) in [6.07, 6.45) is -3.57. The van der Waals surface area contributed by atoms with E-state index in [9.17, 15) is 21.6 Å². The number of hydrogen-bond acceptors (Lipinski definition) is 4. The Balaban J connectivity index is 1.91. The van der Waals surface area contributed by atoms with Crippen molar-refractivity contribution in [1.82, 2.24) is 4.72 Å². The van der Waals surface area contributed by atoms with Crippen molar-refractivity contribution < 1.29 is 26.3 Å². The molecule has 0 spiro atoms. The van der Waals surface area contributed by atoms with E-state index in [0.29, 0.717) is 26.1 Å². The quantitative estimate of drug-likeness (QED) is 0.864. The second kappa shape index (κ2) is 6.71. The van der Waals surface area contributed by atoms with Crippen molar-refractivity contribution in [1.29, 1.82) is 0 Å². The van der Waals surface area contributed by atoms with E-state index in [1.807, 2.05) is 17.5 Å². The van der Waals surface area contributed by atoms with Gasteiger partial charge in [0.25, 0.3) is 0 Å². The molecular weight excluding hydrogens is 375 g/mol. The van der Waals surface area contributed by atoms with Crippen molar-refractivity contribution in [3.8, 4) is 0 Å². The van der Waals surface area contributed by atoms with Gasteiger partial charge in [0.05, 0.1) is 16.0 Å². The van der Waals surface area contributed by atoms with Gasteiger partial charge in [-0.25, -0.2) is 8.42 Å². The van der Waals surface area contributed by atoms with Crippen LogP contribution in [0.25, 0.3) is 0 Å². The third-order valence-electron chi connectivity index (χ3n) is 4.16. The molecule has 3 rings (SSSR count). The van der Waals surface area contributed by atoms with Crippen LogP contribution in [-0.4, -0.2) is 21.6 Å². The van der Waals surface area contributed by atoms with Crippen LogP contribution in [0.5, 0.6) is 0 Å². The minimum atomic E-state index is -4.51. The molecule has 1 aromatic carbocycles. The molecule has 0 bridgehead atoms. The predicted octanol–water partition coefficient (Wildman–Crippen LogP) is 3.75. The smallest absolute Gasteiger partial charge is 0.381 e. The fourth-order valence-electron chi connectivity index (χ4n) is 2.81. The zero-order valence-corrected chi connectivity index (χ0v) is 14.7. The first-order chi connectivity index (χ1) is 11.7. The molecule has 0 amide bonds. The van der Waals surface area contributed by atoms with Crippen molar-refractivity contribution >= 4 is 21.4 Å². The van der Waals surface area contributed by atoms with Crippen LogP contribution in [0.4, 0.5) is 13.2 Å². The average molecular weight is 391 g/mol. The van der Waals surface area contributed by atoms with Crippen LogP contribution < -0.4 is 4.72 Å². The van der Waals surface area contributed by atoms with Gasteiger partial charge in [0.2, 0.25) is 10.0 Å². The van der Waals surface area contributed by atoms with Gasteiger partial charge in [-0.1, -0.05) is 6.07 Å². The highest BCUT2D eigenvalue weighted by molar-refractivity contribution is 7.89. The van der Waals surface area contributed by atoms with Crippen LogP contribution in [0.2, 0.25) is 0 Å². The molecule has 0 unspecified atom stereocenters. The number of rotatable bonds is 4. The summed E-state index contributed by atoms with van der Waals surface area (Å²) in [5, 5.41) is 1.86. The normalized spacial score (nSPS) is 18.2. The summed E-state index contributed by atoms with van der Waals surface area (Å²) >= 11 is 1.44. The molecular formula is C16H16F3NO3S2. The molecule has 25 heavy (non-hydrogen) atoms. The van der Waals surface area contributed by atoms with E-state index in [2.05, 4.69) is 4.72 Å². The van der Waals surface area contributed by atoms with Crippen molar-refractivity contribution in [2.75, 3.05) is 13.2 Å². The lowest BCUT2D eigenvalue weighted by Gasteiger charge is -2.37. The fourth-order valence-corrected chi connectivity index (χ4v) is 5.26. The molecule has 0 radical (unpaired) electrons. The highest BCUT2D eigenvalue weighted by atomic mass is 32.2. The molecule has 136 valence electrons. The van der Waals surface area contributed by atoms with Crippen molar-refractivity contribution in [2.45, 2.75) is 29.5 Å². The van der Waals surface area contributed by atoms with Crippen molar-refractivity contribution in [2.24, 2.45) is 0 Å². The SMILES string of the molecule is O=S(=O)(NC1(c2cccs2)CCOCC1)c1ccc(C(F)(F)F)cc1. The lowest BCUT2D eigenvalue weighted by Crippen LogP contribution is -2.48. The van der Waals surface area contributed by atoms with Gasteiger partial charge in [0.15, 0.2) is 0 Å². The molecule has 1 aliphatic heterocycles. The maximum atomic E-state index is 12.7. The first-order valence-corrected chi connectivity index (χ1v) is 9.92. The summed E-state index contributed by atoms with van der Waals surface area (Å²) in [5.41, 5.74) is -1.68. The first kappa shape index (κ1) is 18.4. The lowest BCUT2D eigenvalue weighted by atomic mass is 9.90. The second-order valence-electron chi connectivity index (χ2n) is 5.80. The first-order valence-electron chi connectivity index (χ1n) is 7.56. The molecule has 1 N–H and O–H groups in total. The Labute approximate surface area is 147 Å². The van der Waals surface area contributed by atoms with E-state index < -0.39 is 27.3 Å². The number of nitrogens with one attached hydrogen (secondary N) is 1. The Morgan fingerprint density at radius 3 is 2.24 bits per heavy atom. The number of thiophene rings is 1. The topological polar surface area (TPSA) is 55.4 Å². The number of ether oxygens (including phenoxy) is 1. The molecule has 2 heterocycles. The van der Waals surface area contributed by atoms with Crippen molar-refractivity contribution in [3.05, 3.63) is 52.2 Å². The molecule has 4 nitrogen and oxygen atoms in total. The van der Waals surface area contributed by atoms with Gasteiger partial charge >= 0.3 is 6.18 Å². The summed E-state index contributed by atoms with van der Waals surface area (Å²) in [4.78, 5) is 0.675. The summed E-state index contributed by atoms with van der Waals surface area (Å²) in [6, 6.07) is 7.20. The Hall–Kier alpha value is -1.42. The number of benzene rings is 1. The van der Waals surface area contributed by atoms with E-state index >= 15 is 0 Å².